The summed E-state index contributed by atoms with van der Waals surface area (Å²) in [7, 11) is 1.92. The van der Waals surface area contributed by atoms with Crippen molar-refractivity contribution in [1.82, 2.24) is 9.55 Å². The number of hydrogen-bond acceptors (Lipinski definition) is 2. The van der Waals surface area contributed by atoms with Gasteiger partial charge in [0.1, 0.15) is 11.6 Å². The number of imidazole rings is 1. The molecule has 1 aromatic carbocycles. The highest BCUT2D eigenvalue weighted by atomic mass is 15.1. The zero-order chi connectivity index (χ0) is 10.7. The first kappa shape index (κ1) is 9.52. The lowest BCUT2D eigenvalue weighted by Crippen LogP contribution is -1.88. The van der Waals surface area contributed by atoms with E-state index in [9.17, 15) is 0 Å². The number of nitrogens with zero attached hydrogens (tertiary/aromatic N) is 2. The van der Waals surface area contributed by atoms with Crippen LogP contribution < -0.4 is 5.73 Å². The SMILES string of the molecule is Cn1cc(N)nc1/C=C/c1ccccc1. The molecule has 3 nitrogen and oxygen atoms in total. The smallest absolute Gasteiger partial charge is 0.142 e. The Morgan fingerprint density at radius 3 is 2.53 bits per heavy atom. The van der Waals surface area contributed by atoms with Gasteiger partial charge in [-0.3, -0.25) is 0 Å². The zero-order valence-electron chi connectivity index (χ0n) is 8.59. The Bertz CT molecular complexity index is 469. The summed E-state index contributed by atoms with van der Waals surface area (Å²) in [4.78, 5) is 4.18. The highest BCUT2D eigenvalue weighted by Gasteiger charge is 1.97. The van der Waals surface area contributed by atoms with Crippen LogP contribution >= 0.6 is 0 Å². The fraction of sp³-hybridized carbons (Fsp3) is 0.0833. The topological polar surface area (TPSA) is 43.8 Å². The molecular formula is C12H13N3. The van der Waals surface area contributed by atoms with Crippen molar-refractivity contribution in [2.45, 2.75) is 0 Å². The Morgan fingerprint density at radius 1 is 1.20 bits per heavy atom. The van der Waals surface area contributed by atoms with Gasteiger partial charge in [-0.15, -0.1) is 0 Å². The predicted octanol–water partition coefficient (Wildman–Crippen LogP) is 2.17. The molecule has 0 atom stereocenters. The van der Waals surface area contributed by atoms with E-state index in [1.54, 1.807) is 6.20 Å². The van der Waals surface area contributed by atoms with Crippen LogP contribution in [-0.4, -0.2) is 9.55 Å². The van der Waals surface area contributed by atoms with E-state index in [2.05, 4.69) is 4.98 Å². The van der Waals surface area contributed by atoms with Crippen LogP contribution in [0.5, 0.6) is 0 Å². The van der Waals surface area contributed by atoms with Gasteiger partial charge in [0.2, 0.25) is 0 Å². The highest BCUT2D eigenvalue weighted by molar-refractivity contribution is 5.67. The molecule has 0 radical (unpaired) electrons. The zero-order valence-corrected chi connectivity index (χ0v) is 8.59. The number of hydrogen-bond donors (Lipinski definition) is 1. The molecule has 0 aliphatic carbocycles. The van der Waals surface area contributed by atoms with E-state index in [4.69, 9.17) is 5.73 Å². The van der Waals surface area contributed by atoms with E-state index in [0.29, 0.717) is 5.82 Å². The van der Waals surface area contributed by atoms with Gasteiger partial charge in [0.25, 0.3) is 0 Å². The van der Waals surface area contributed by atoms with Gasteiger partial charge in [-0.25, -0.2) is 4.98 Å². The summed E-state index contributed by atoms with van der Waals surface area (Å²) in [6, 6.07) is 10.1. The van der Waals surface area contributed by atoms with E-state index in [-0.39, 0.29) is 0 Å². The van der Waals surface area contributed by atoms with E-state index >= 15 is 0 Å². The maximum Gasteiger partial charge on any atom is 0.142 e. The summed E-state index contributed by atoms with van der Waals surface area (Å²) < 4.78 is 1.90. The van der Waals surface area contributed by atoms with Gasteiger partial charge in [-0.05, 0) is 11.6 Å². The molecule has 2 N–H and O–H groups in total. The second-order valence-electron chi connectivity index (χ2n) is 3.38. The van der Waals surface area contributed by atoms with Crippen LogP contribution in [0.2, 0.25) is 0 Å². The lowest BCUT2D eigenvalue weighted by molar-refractivity contribution is 0.898. The average molecular weight is 199 g/mol. The van der Waals surface area contributed by atoms with Crippen LogP contribution in [0.25, 0.3) is 12.2 Å². The minimum absolute atomic E-state index is 0.546. The fourth-order valence-corrected chi connectivity index (χ4v) is 1.39. The third kappa shape index (κ3) is 2.26. The van der Waals surface area contributed by atoms with Gasteiger partial charge in [-0.2, -0.15) is 0 Å². The maximum atomic E-state index is 5.58. The second-order valence-corrected chi connectivity index (χ2v) is 3.38. The highest BCUT2D eigenvalue weighted by Crippen LogP contribution is 2.08. The largest absolute Gasteiger partial charge is 0.382 e. The molecule has 0 unspecified atom stereocenters. The van der Waals surface area contributed by atoms with Crippen molar-refractivity contribution in [3.8, 4) is 0 Å². The molecule has 0 amide bonds. The number of benzene rings is 1. The van der Waals surface area contributed by atoms with E-state index in [0.717, 1.165) is 11.4 Å². The van der Waals surface area contributed by atoms with Crippen LogP contribution in [0.1, 0.15) is 11.4 Å². The van der Waals surface area contributed by atoms with Crippen molar-refractivity contribution >= 4 is 18.0 Å². The average Bonchev–Trinajstić information content (AvgIpc) is 2.56. The Hall–Kier alpha value is -2.03. The van der Waals surface area contributed by atoms with Crippen molar-refractivity contribution in [1.29, 1.82) is 0 Å². The molecule has 0 saturated heterocycles. The molecule has 0 fully saturated rings. The standard InChI is InChI=1S/C12H13N3/c1-15-9-11(13)14-12(15)8-7-10-5-3-2-4-6-10/h2-9H,13H2,1H3/b8-7+. The fourth-order valence-electron chi connectivity index (χ4n) is 1.39. The van der Waals surface area contributed by atoms with Gasteiger partial charge in [0, 0.05) is 13.2 Å². The molecule has 15 heavy (non-hydrogen) atoms. The Balaban J connectivity index is 2.22. The molecular weight excluding hydrogens is 186 g/mol. The van der Waals surface area contributed by atoms with Gasteiger partial charge in [0.15, 0.2) is 0 Å². The third-order valence-electron chi connectivity index (χ3n) is 2.16. The monoisotopic (exact) mass is 199 g/mol. The summed E-state index contributed by atoms with van der Waals surface area (Å²) in [6.07, 6.45) is 5.76. The van der Waals surface area contributed by atoms with E-state index in [1.807, 2.05) is 54.1 Å². The van der Waals surface area contributed by atoms with Gasteiger partial charge >= 0.3 is 0 Å². The number of aryl methyl sites for hydroxylation is 1. The first-order valence-corrected chi connectivity index (χ1v) is 4.77. The molecule has 0 spiro atoms. The molecule has 0 aliphatic rings. The van der Waals surface area contributed by atoms with Crippen molar-refractivity contribution in [2.75, 3.05) is 5.73 Å². The summed E-state index contributed by atoms with van der Waals surface area (Å²) in [6.45, 7) is 0. The molecule has 1 heterocycles. The lowest BCUT2D eigenvalue weighted by Gasteiger charge is -1.93. The number of nitrogen functional groups attached to an aromatic ring is 1. The molecule has 2 rings (SSSR count). The van der Waals surface area contributed by atoms with E-state index < -0.39 is 0 Å². The van der Waals surface area contributed by atoms with Gasteiger partial charge in [0.05, 0.1) is 0 Å². The van der Waals surface area contributed by atoms with Crippen molar-refractivity contribution in [3.63, 3.8) is 0 Å². The Kier molecular flexibility index (Phi) is 2.54. The molecule has 2 aromatic rings. The predicted molar refractivity (Wildman–Crippen MR) is 63.0 cm³/mol. The van der Waals surface area contributed by atoms with Gasteiger partial charge < -0.3 is 10.3 Å². The number of nitrogens with two attached hydrogens (primary N) is 1. The molecule has 76 valence electrons. The van der Waals surface area contributed by atoms with Crippen LogP contribution in [0.4, 0.5) is 5.82 Å². The summed E-state index contributed by atoms with van der Waals surface area (Å²) in [5.41, 5.74) is 6.73. The van der Waals surface area contributed by atoms with Crippen molar-refractivity contribution < 1.29 is 0 Å². The molecule has 1 aromatic heterocycles. The number of anilines is 1. The summed E-state index contributed by atoms with van der Waals surface area (Å²) in [5, 5.41) is 0. The molecule has 0 bridgehead atoms. The normalized spacial score (nSPS) is 11.0. The first-order valence-electron chi connectivity index (χ1n) is 4.77. The minimum atomic E-state index is 0.546. The van der Waals surface area contributed by atoms with Crippen molar-refractivity contribution in [3.05, 3.63) is 47.9 Å². The lowest BCUT2D eigenvalue weighted by atomic mass is 10.2. The van der Waals surface area contributed by atoms with Crippen LogP contribution in [0, 0.1) is 0 Å². The molecule has 0 saturated carbocycles. The Morgan fingerprint density at radius 2 is 1.93 bits per heavy atom. The quantitative estimate of drug-likeness (QED) is 0.805. The third-order valence-corrected chi connectivity index (χ3v) is 2.16. The molecule has 3 heteroatoms. The van der Waals surface area contributed by atoms with Crippen LogP contribution in [0.15, 0.2) is 36.5 Å². The van der Waals surface area contributed by atoms with Gasteiger partial charge in [-0.1, -0.05) is 36.4 Å². The van der Waals surface area contributed by atoms with E-state index in [1.165, 1.54) is 0 Å². The van der Waals surface area contributed by atoms with Crippen LogP contribution in [0.3, 0.4) is 0 Å². The molecule has 0 aliphatic heterocycles. The second kappa shape index (κ2) is 4.00. The first-order chi connectivity index (χ1) is 7.25. The minimum Gasteiger partial charge on any atom is -0.382 e. The summed E-state index contributed by atoms with van der Waals surface area (Å²) in [5.74, 6) is 1.40. The maximum absolute atomic E-state index is 5.58. The number of aromatic nitrogens is 2. The summed E-state index contributed by atoms with van der Waals surface area (Å²) >= 11 is 0. The van der Waals surface area contributed by atoms with Crippen molar-refractivity contribution in [2.24, 2.45) is 7.05 Å². The number of rotatable bonds is 2. The van der Waals surface area contributed by atoms with Crippen LogP contribution in [-0.2, 0) is 7.05 Å². The Labute approximate surface area is 88.9 Å².